The lowest BCUT2D eigenvalue weighted by Crippen LogP contribution is -2.04. The lowest BCUT2D eigenvalue weighted by molar-refractivity contribution is 0.303. The minimum atomic E-state index is 0.525. The molecule has 3 aromatic carbocycles. The third-order valence-electron chi connectivity index (χ3n) is 4.11. The Bertz CT molecular complexity index is 845. The Kier molecular flexibility index (Phi) is 6.03. The average Bonchev–Trinajstić information content (AvgIpc) is 2.67. The molecule has 134 valence electrons. The summed E-state index contributed by atoms with van der Waals surface area (Å²) >= 11 is 6.17. The fraction of sp³-hybridized carbons (Fsp3) is 0.182. The summed E-state index contributed by atoms with van der Waals surface area (Å²) in [6, 6.07) is 21.9. The summed E-state index contributed by atoms with van der Waals surface area (Å²) in [6.45, 7) is 3.22. The Labute approximate surface area is 159 Å². The number of anilines is 1. The van der Waals surface area contributed by atoms with Crippen LogP contribution in [0.5, 0.6) is 11.5 Å². The molecule has 0 aliphatic rings. The molecule has 0 aromatic heterocycles. The van der Waals surface area contributed by atoms with Crippen LogP contribution in [0.15, 0.2) is 66.7 Å². The maximum atomic E-state index is 6.17. The van der Waals surface area contributed by atoms with Crippen LogP contribution in [0.4, 0.5) is 5.69 Å². The van der Waals surface area contributed by atoms with Gasteiger partial charge in [0.1, 0.15) is 18.1 Å². The van der Waals surface area contributed by atoms with Crippen LogP contribution in [0.3, 0.4) is 0 Å². The van der Waals surface area contributed by atoms with Gasteiger partial charge in [0.25, 0.3) is 0 Å². The van der Waals surface area contributed by atoms with Crippen LogP contribution in [0.1, 0.15) is 16.7 Å². The van der Waals surface area contributed by atoms with Gasteiger partial charge < -0.3 is 14.8 Å². The summed E-state index contributed by atoms with van der Waals surface area (Å²) in [5.74, 6) is 1.66. The summed E-state index contributed by atoms with van der Waals surface area (Å²) < 4.78 is 11.2. The smallest absolute Gasteiger partial charge is 0.124 e. The predicted molar refractivity (Wildman–Crippen MR) is 107 cm³/mol. The largest absolute Gasteiger partial charge is 0.497 e. The lowest BCUT2D eigenvalue weighted by Gasteiger charge is -2.14. The van der Waals surface area contributed by atoms with Crippen molar-refractivity contribution in [2.75, 3.05) is 12.4 Å². The maximum Gasteiger partial charge on any atom is 0.124 e. The highest BCUT2D eigenvalue weighted by atomic mass is 35.5. The van der Waals surface area contributed by atoms with Crippen LogP contribution in [0.2, 0.25) is 5.02 Å². The molecule has 0 atom stereocenters. The molecular weight excluding hydrogens is 346 g/mol. The molecule has 0 bridgehead atoms. The lowest BCUT2D eigenvalue weighted by atomic mass is 10.1. The van der Waals surface area contributed by atoms with Crippen molar-refractivity contribution in [3.8, 4) is 11.5 Å². The van der Waals surface area contributed by atoms with Crippen molar-refractivity contribution in [2.24, 2.45) is 0 Å². The van der Waals surface area contributed by atoms with Gasteiger partial charge in [0, 0.05) is 22.8 Å². The first kappa shape index (κ1) is 18.2. The molecule has 4 heteroatoms. The molecule has 0 aliphatic heterocycles. The molecule has 3 aromatic rings. The van der Waals surface area contributed by atoms with Crippen molar-refractivity contribution in [3.05, 3.63) is 88.4 Å². The molecule has 3 nitrogen and oxygen atoms in total. The highest BCUT2D eigenvalue weighted by molar-refractivity contribution is 6.30. The fourth-order valence-electron chi connectivity index (χ4n) is 2.58. The number of benzene rings is 3. The van der Waals surface area contributed by atoms with E-state index >= 15 is 0 Å². The summed E-state index contributed by atoms with van der Waals surface area (Å²) in [5.41, 5.74) is 4.40. The number of methoxy groups -OCH3 is 1. The zero-order valence-corrected chi connectivity index (χ0v) is 15.7. The van der Waals surface area contributed by atoms with E-state index in [1.54, 1.807) is 7.11 Å². The molecule has 0 aliphatic carbocycles. The Morgan fingerprint density at radius 3 is 2.35 bits per heavy atom. The van der Waals surface area contributed by atoms with E-state index in [9.17, 15) is 0 Å². The highest BCUT2D eigenvalue weighted by Gasteiger charge is 2.06. The minimum absolute atomic E-state index is 0.525. The second kappa shape index (κ2) is 8.63. The van der Waals surface area contributed by atoms with E-state index in [0.29, 0.717) is 18.2 Å². The molecule has 26 heavy (non-hydrogen) atoms. The van der Waals surface area contributed by atoms with Gasteiger partial charge in [0.15, 0.2) is 0 Å². The minimum Gasteiger partial charge on any atom is -0.497 e. The zero-order valence-electron chi connectivity index (χ0n) is 15.0. The average molecular weight is 368 g/mol. The van der Waals surface area contributed by atoms with Gasteiger partial charge in [-0.3, -0.25) is 0 Å². The van der Waals surface area contributed by atoms with Crippen LogP contribution in [0, 0.1) is 6.92 Å². The Balaban J connectivity index is 1.67. The Morgan fingerprint density at radius 1 is 0.923 bits per heavy atom. The van der Waals surface area contributed by atoms with E-state index in [-0.39, 0.29) is 0 Å². The number of aryl methyl sites for hydroxylation is 1. The fourth-order valence-corrected chi connectivity index (χ4v) is 2.77. The highest BCUT2D eigenvalue weighted by Crippen LogP contribution is 2.25. The molecule has 0 unspecified atom stereocenters. The van der Waals surface area contributed by atoms with Gasteiger partial charge in [-0.25, -0.2) is 0 Å². The second-order valence-electron chi connectivity index (χ2n) is 6.11. The molecule has 0 saturated carbocycles. The van der Waals surface area contributed by atoms with Crippen LogP contribution in [-0.2, 0) is 13.2 Å². The van der Waals surface area contributed by atoms with E-state index in [1.807, 2.05) is 42.5 Å². The molecule has 3 rings (SSSR count). The first-order valence-corrected chi connectivity index (χ1v) is 8.86. The topological polar surface area (TPSA) is 30.5 Å². The van der Waals surface area contributed by atoms with Crippen molar-refractivity contribution in [1.29, 1.82) is 0 Å². The molecule has 0 amide bonds. The molecule has 0 spiro atoms. The van der Waals surface area contributed by atoms with Crippen molar-refractivity contribution in [3.63, 3.8) is 0 Å². The summed E-state index contributed by atoms with van der Waals surface area (Å²) in [6.07, 6.45) is 0. The standard InChI is InChI=1S/C22H22ClNO2/c1-16-3-5-17(6-4-16)15-26-22-12-7-19(23)13-18(22)14-24-20-8-10-21(25-2)11-9-20/h3-13,24H,14-15H2,1-2H3. The van der Waals surface area contributed by atoms with Gasteiger partial charge in [-0.05, 0) is 55.0 Å². The normalized spacial score (nSPS) is 10.4. The van der Waals surface area contributed by atoms with Gasteiger partial charge in [0.05, 0.1) is 7.11 Å². The number of nitrogens with one attached hydrogen (secondary N) is 1. The number of rotatable bonds is 7. The Hall–Kier alpha value is -2.65. The molecule has 0 radical (unpaired) electrons. The summed E-state index contributed by atoms with van der Waals surface area (Å²) in [7, 11) is 1.66. The van der Waals surface area contributed by atoms with Crippen LogP contribution >= 0.6 is 11.6 Å². The molecule has 0 heterocycles. The van der Waals surface area contributed by atoms with Crippen LogP contribution < -0.4 is 14.8 Å². The number of hydrogen-bond donors (Lipinski definition) is 1. The van der Waals surface area contributed by atoms with E-state index < -0.39 is 0 Å². The third kappa shape index (κ3) is 4.93. The quantitative estimate of drug-likeness (QED) is 0.568. The molecule has 0 saturated heterocycles. The molecule has 1 N–H and O–H groups in total. The van der Waals surface area contributed by atoms with Gasteiger partial charge in [-0.15, -0.1) is 0 Å². The van der Waals surface area contributed by atoms with Crippen molar-refractivity contribution in [1.82, 2.24) is 0 Å². The van der Waals surface area contributed by atoms with E-state index in [1.165, 1.54) is 5.56 Å². The van der Waals surface area contributed by atoms with E-state index in [2.05, 4.69) is 36.5 Å². The molecular formula is C22H22ClNO2. The first-order chi connectivity index (χ1) is 12.6. The van der Waals surface area contributed by atoms with E-state index in [4.69, 9.17) is 21.1 Å². The SMILES string of the molecule is COc1ccc(NCc2cc(Cl)ccc2OCc2ccc(C)cc2)cc1. The number of ether oxygens (including phenoxy) is 2. The van der Waals surface area contributed by atoms with Crippen molar-refractivity contribution >= 4 is 17.3 Å². The zero-order chi connectivity index (χ0) is 18.4. The van der Waals surface area contributed by atoms with Crippen LogP contribution in [-0.4, -0.2) is 7.11 Å². The van der Waals surface area contributed by atoms with Crippen molar-refractivity contribution in [2.45, 2.75) is 20.1 Å². The first-order valence-electron chi connectivity index (χ1n) is 8.49. The summed E-state index contributed by atoms with van der Waals surface area (Å²) in [5, 5.41) is 4.09. The van der Waals surface area contributed by atoms with Gasteiger partial charge in [-0.2, -0.15) is 0 Å². The second-order valence-corrected chi connectivity index (χ2v) is 6.54. The Morgan fingerprint density at radius 2 is 1.65 bits per heavy atom. The third-order valence-corrected chi connectivity index (χ3v) is 4.35. The number of halogens is 1. The summed E-state index contributed by atoms with van der Waals surface area (Å²) in [4.78, 5) is 0. The monoisotopic (exact) mass is 367 g/mol. The van der Waals surface area contributed by atoms with Crippen molar-refractivity contribution < 1.29 is 9.47 Å². The maximum absolute atomic E-state index is 6.17. The predicted octanol–water partition coefficient (Wildman–Crippen LogP) is 5.85. The van der Waals surface area contributed by atoms with Gasteiger partial charge in [-0.1, -0.05) is 41.4 Å². The van der Waals surface area contributed by atoms with Crippen LogP contribution in [0.25, 0.3) is 0 Å². The number of hydrogen-bond acceptors (Lipinski definition) is 3. The van der Waals surface area contributed by atoms with Gasteiger partial charge >= 0.3 is 0 Å². The van der Waals surface area contributed by atoms with Gasteiger partial charge in [0.2, 0.25) is 0 Å². The van der Waals surface area contributed by atoms with E-state index in [0.717, 1.165) is 28.3 Å². The molecule has 0 fully saturated rings.